The lowest BCUT2D eigenvalue weighted by atomic mass is 10.0. The van der Waals surface area contributed by atoms with Gasteiger partial charge in [0.15, 0.2) is 0 Å². The predicted octanol–water partition coefficient (Wildman–Crippen LogP) is 5.04. The van der Waals surface area contributed by atoms with Crippen molar-refractivity contribution in [2.45, 2.75) is 25.2 Å². The van der Waals surface area contributed by atoms with Gasteiger partial charge in [0, 0.05) is 11.8 Å². The van der Waals surface area contributed by atoms with E-state index in [2.05, 4.69) is 15.1 Å². The van der Waals surface area contributed by atoms with Crippen molar-refractivity contribution in [3.8, 4) is 11.4 Å². The van der Waals surface area contributed by atoms with Crippen LogP contribution in [0.4, 0.5) is 30.7 Å². The molecule has 0 saturated heterocycles. The number of pyridine rings is 1. The van der Waals surface area contributed by atoms with Crippen molar-refractivity contribution in [1.82, 2.24) is 14.8 Å². The van der Waals surface area contributed by atoms with Crippen LogP contribution in [0, 0.1) is 5.82 Å². The first kappa shape index (κ1) is 23.5. The summed E-state index contributed by atoms with van der Waals surface area (Å²) < 4.78 is 91.7. The molecule has 12 heteroatoms. The molecule has 0 unspecified atom stereocenters. The van der Waals surface area contributed by atoms with E-state index in [4.69, 9.17) is 0 Å². The number of allylic oxidation sites excluding steroid dienone is 1. The molecule has 0 fully saturated rings. The van der Waals surface area contributed by atoms with Crippen molar-refractivity contribution in [3.63, 3.8) is 0 Å². The molecule has 1 N–H and O–H groups in total. The first-order chi connectivity index (χ1) is 15.9. The number of nitrogens with one attached hydrogen (secondary N) is 1. The second kappa shape index (κ2) is 8.58. The number of hydrogen-bond donors (Lipinski definition) is 1. The highest BCUT2D eigenvalue weighted by molar-refractivity contribution is 6.05. The van der Waals surface area contributed by atoms with Crippen LogP contribution >= 0.6 is 0 Å². The molecular weight excluding hydrogens is 469 g/mol. The number of halogens is 7. The SMILES string of the molecule is O=c1c(CCc2ccc(F)cc2)c(-c2ccc(C(F)(F)F)cn2)[nH]n1C1=CC(C(F)(F)F)=NC1. The molecule has 0 spiro atoms. The van der Waals surface area contributed by atoms with Gasteiger partial charge in [-0.15, -0.1) is 0 Å². The van der Waals surface area contributed by atoms with Crippen molar-refractivity contribution in [2.75, 3.05) is 6.54 Å². The van der Waals surface area contributed by atoms with E-state index in [0.717, 1.165) is 22.9 Å². The van der Waals surface area contributed by atoms with E-state index in [1.807, 2.05) is 0 Å². The molecule has 0 aliphatic carbocycles. The van der Waals surface area contributed by atoms with Crippen LogP contribution in [-0.2, 0) is 19.0 Å². The van der Waals surface area contributed by atoms with Gasteiger partial charge in [-0.05, 0) is 48.7 Å². The number of H-pyrrole nitrogens is 1. The Balaban J connectivity index is 1.73. The second-order valence-corrected chi connectivity index (χ2v) is 7.50. The lowest BCUT2D eigenvalue weighted by Gasteiger charge is -2.07. The number of aliphatic imine (C=N–C) groups is 1. The highest BCUT2D eigenvalue weighted by atomic mass is 19.4. The van der Waals surface area contributed by atoms with E-state index in [1.165, 1.54) is 24.3 Å². The number of alkyl halides is 6. The summed E-state index contributed by atoms with van der Waals surface area (Å²) in [5.41, 5.74) is -2.02. The number of rotatable bonds is 5. The molecule has 34 heavy (non-hydrogen) atoms. The Morgan fingerprint density at radius 3 is 2.21 bits per heavy atom. The summed E-state index contributed by atoms with van der Waals surface area (Å²) in [6, 6.07) is 7.37. The van der Waals surface area contributed by atoms with Gasteiger partial charge in [-0.3, -0.25) is 19.9 Å². The molecule has 0 bridgehead atoms. The number of aromatic amines is 1. The van der Waals surface area contributed by atoms with E-state index in [-0.39, 0.29) is 35.5 Å². The van der Waals surface area contributed by atoms with Crippen molar-refractivity contribution < 1.29 is 30.7 Å². The van der Waals surface area contributed by atoms with Gasteiger partial charge in [0.1, 0.15) is 11.5 Å². The molecule has 3 heterocycles. The van der Waals surface area contributed by atoms with E-state index < -0.39 is 41.5 Å². The van der Waals surface area contributed by atoms with Gasteiger partial charge in [0.25, 0.3) is 5.56 Å². The van der Waals surface area contributed by atoms with Gasteiger partial charge in [-0.2, -0.15) is 26.3 Å². The molecule has 1 aliphatic rings. The topological polar surface area (TPSA) is 63.0 Å². The zero-order chi connectivity index (χ0) is 24.7. The molecular formula is C22H15F7N4O. The van der Waals surface area contributed by atoms with E-state index in [1.54, 1.807) is 0 Å². The monoisotopic (exact) mass is 484 g/mol. The minimum Gasteiger partial charge on any atom is -0.289 e. The Bertz CT molecular complexity index is 1310. The molecule has 178 valence electrons. The van der Waals surface area contributed by atoms with Gasteiger partial charge in [-0.1, -0.05) is 12.1 Å². The second-order valence-electron chi connectivity index (χ2n) is 7.50. The number of nitrogens with zero attached hydrogens (tertiary/aromatic N) is 3. The van der Waals surface area contributed by atoms with E-state index >= 15 is 0 Å². The number of hydrogen-bond acceptors (Lipinski definition) is 3. The lowest BCUT2D eigenvalue weighted by molar-refractivity contribution is -0.137. The van der Waals surface area contributed by atoms with Gasteiger partial charge < -0.3 is 0 Å². The normalized spacial score (nSPS) is 14.3. The lowest BCUT2D eigenvalue weighted by Crippen LogP contribution is -2.21. The van der Waals surface area contributed by atoms with Crippen molar-refractivity contribution in [2.24, 2.45) is 4.99 Å². The Kier molecular flexibility index (Phi) is 5.92. The van der Waals surface area contributed by atoms with Gasteiger partial charge >= 0.3 is 12.4 Å². The Morgan fingerprint density at radius 1 is 0.941 bits per heavy atom. The van der Waals surface area contributed by atoms with Crippen LogP contribution in [0.1, 0.15) is 16.7 Å². The fourth-order valence-electron chi connectivity index (χ4n) is 3.47. The van der Waals surface area contributed by atoms with Crippen LogP contribution in [0.15, 0.2) is 58.5 Å². The van der Waals surface area contributed by atoms with Gasteiger partial charge in [-0.25, -0.2) is 9.07 Å². The highest BCUT2D eigenvalue weighted by Crippen LogP contribution is 2.30. The van der Waals surface area contributed by atoms with Crippen LogP contribution in [-0.4, -0.2) is 33.2 Å². The Hall–Kier alpha value is -3.70. The minimum atomic E-state index is -4.69. The molecule has 3 aromatic rings. The van der Waals surface area contributed by atoms with Gasteiger partial charge in [0.2, 0.25) is 0 Å². The third kappa shape index (κ3) is 4.80. The predicted molar refractivity (Wildman–Crippen MR) is 110 cm³/mol. The molecule has 1 aromatic carbocycles. The third-order valence-corrected chi connectivity index (χ3v) is 5.20. The maximum atomic E-state index is 13.2. The standard InChI is InChI=1S/C22H15F7N4O/c23-14-5-1-12(2-6-14)3-7-16-19(17-8-4-13(10-30-17)21(24,25)26)32-33(20(16)34)15-9-18(31-11-15)22(27,28)29/h1-2,4-6,8-10,32H,3,7,11H2. The highest BCUT2D eigenvalue weighted by Gasteiger charge is 2.37. The summed E-state index contributed by atoms with van der Waals surface area (Å²) in [6.07, 6.45) is -7.63. The Labute approximate surface area is 187 Å². The van der Waals surface area contributed by atoms with E-state index in [9.17, 15) is 35.5 Å². The van der Waals surface area contributed by atoms with E-state index in [0.29, 0.717) is 11.8 Å². The quantitative estimate of drug-likeness (QED) is 0.516. The third-order valence-electron chi connectivity index (χ3n) is 5.20. The summed E-state index contributed by atoms with van der Waals surface area (Å²) in [5, 5.41) is 2.68. The zero-order valence-electron chi connectivity index (χ0n) is 17.1. The number of aryl methyl sites for hydroxylation is 1. The summed E-state index contributed by atoms with van der Waals surface area (Å²) in [7, 11) is 0. The number of benzene rings is 1. The maximum absolute atomic E-state index is 13.2. The molecule has 0 atom stereocenters. The first-order valence-corrected chi connectivity index (χ1v) is 9.88. The zero-order valence-corrected chi connectivity index (χ0v) is 17.1. The van der Waals surface area contributed by atoms with Crippen molar-refractivity contribution in [3.05, 3.63) is 81.5 Å². The average Bonchev–Trinajstić information content (AvgIpc) is 3.38. The fraction of sp³-hybridized carbons (Fsp3) is 0.227. The molecule has 5 nitrogen and oxygen atoms in total. The maximum Gasteiger partial charge on any atom is 0.432 e. The minimum absolute atomic E-state index is 0.00789. The molecule has 2 aromatic heterocycles. The van der Waals surface area contributed by atoms with Crippen molar-refractivity contribution in [1.29, 1.82) is 0 Å². The molecule has 1 aliphatic heterocycles. The van der Waals surface area contributed by atoms with Crippen LogP contribution in [0.3, 0.4) is 0 Å². The fourth-order valence-corrected chi connectivity index (χ4v) is 3.47. The molecule has 4 rings (SSSR count). The Morgan fingerprint density at radius 2 is 1.65 bits per heavy atom. The summed E-state index contributed by atoms with van der Waals surface area (Å²) in [5.74, 6) is -0.448. The summed E-state index contributed by atoms with van der Waals surface area (Å²) in [6.45, 7) is -0.410. The largest absolute Gasteiger partial charge is 0.432 e. The van der Waals surface area contributed by atoms with Gasteiger partial charge in [0.05, 0.1) is 29.2 Å². The first-order valence-electron chi connectivity index (χ1n) is 9.88. The molecule has 0 amide bonds. The van der Waals surface area contributed by atoms with Crippen LogP contribution in [0.2, 0.25) is 0 Å². The summed E-state index contributed by atoms with van der Waals surface area (Å²) in [4.78, 5) is 20.3. The summed E-state index contributed by atoms with van der Waals surface area (Å²) >= 11 is 0. The van der Waals surface area contributed by atoms with Crippen molar-refractivity contribution >= 4 is 11.4 Å². The average molecular weight is 484 g/mol. The van der Waals surface area contributed by atoms with Crippen LogP contribution < -0.4 is 5.56 Å². The van der Waals surface area contributed by atoms with Crippen LogP contribution in [0.25, 0.3) is 17.1 Å². The molecule has 0 radical (unpaired) electrons. The molecule has 0 saturated carbocycles. The number of aromatic nitrogens is 3. The van der Waals surface area contributed by atoms with Crippen LogP contribution in [0.5, 0.6) is 0 Å². The smallest absolute Gasteiger partial charge is 0.289 e.